The second kappa shape index (κ2) is 9.94. The highest BCUT2D eigenvalue weighted by molar-refractivity contribution is 7.88. The third-order valence-electron chi connectivity index (χ3n) is 4.90. The molecule has 0 bridgehead atoms. The minimum absolute atomic E-state index is 0.0728. The molecular formula is C19H30N2O5S. The number of nitrogens with one attached hydrogen (secondary N) is 1. The molecule has 0 saturated heterocycles. The predicted octanol–water partition coefficient (Wildman–Crippen LogP) is 1.96. The molecule has 1 aromatic rings. The molecule has 152 valence electrons. The van der Waals surface area contributed by atoms with E-state index in [1.165, 1.54) is 10.6 Å². The van der Waals surface area contributed by atoms with Crippen LogP contribution in [0.2, 0.25) is 0 Å². The molecule has 2 rings (SSSR count). The van der Waals surface area contributed by atoms with Gasteiger partial charge in [0.1, 0.15) is 0 Å². The molecule has 27 heavy (non-hydrogen) atoms. The number of carbonyl (C=O) groups is 1. The van der Waals surface area contributed by atoms with Crippen LogP contribution in [0.4, 0.5) is 0 Å². The van der Waals surface area contributed by atoms with Crippen LogP contribution in [-0.2, 0) is 21.2 Å². The summed E-state index contributed by atoms with van der Waals surface area (Å²) in [4.78, 5) is 12.1. The van der Waals surface area contributed by atoms with Gasteiger partial charge >= 0.3 is 0 Å². The maximum Gasteiger partial charge on any atom is 0.220 e. The van der Waals surface area contributed by atoms with Gasteiger partial charge in [-0.2, -0.15) is 4.31 Å². The van der Waals surface area contributed by atoms with E-state index in [1.807, 2.05) is 18.2 Å². The lowest BCUT2D eigenvalue weighted by Crippen LogP contribution is -2.43. The van der Waals surface area contributed by atoms with E-state index >= 15 is 0 Å². The zero-order valence-electron chi connectivity index (χ0n) is 16.4. The Morgan fingerprint density at radius 1 is 1.19 bits per heavy atom. The lowest BCUT2D eigenvalue weighted by molar-refractivity contribution is -0.121. The van der Waals surface area contributed by atoms with E-state index in [1.54, 1.807) is 14.2 Å². The first-order valence-corrected chi connectivity index (χ1v) is 11.1. The first-order chi connectivity index (χ1) is 12.8. The van der Waals surface area contributed by atoms with E-state index in [0.717, 1.165) is 31.2 Å². The summed E-state index contributed by atoms with van der Waals surface area (Å²) >= 11 is 0. The number of hydrogen-bond donors (Lipinski definition) is 1. The Morgan fingerprint density at radius 2 is 1.85 bits per heavy atom. The molecule has 0 spiro atoms. The Kier molecular flexibility index (Phi) is 7.91. The number of rotatable bonds is 10. The number of amides is 1. The van der Waals surface area contributed by atoms with Crippen molar-refractivity contribution in [2.24, 2.45) is 0 Å². The van der Waals surface area contributed by atoms with E-state index in [9.17, 15) is 13.2 Å². The van der Waals surface area contributed by atoms with Crippen LogP contribution in [-0.4, -0.2) is 58.2 Å². The van der Waals surface area contributed by atoms with Gasteiger partial charge in [-0.1, -0.05) is 18.9 Å². The fraction of sp³-hybridized carbons (Fsp3) is 0.632. The van der Waals surface area contributed by atoms with Gasteiger partial charge in [0, 0.05) is 25.6 Å². The van der Waals surface area contributed by atoms with Crippen LogP contribution in [0.15, 0.2) is 18.2 Å². The zero-order valence-corrected chi connectivity index (χ0v) is 17.2. The Labute approximate surface area is 162 Å². The fourth-order valence-electron chi connectivity index (χ4n) is 3.50. The lowest BCUT2D eigenvalue weighted by atomic mass is 10.1. The second-order valence-electron chi connectivity index (χ2n) is 6.85. The quantitative estimate of drug-likeness (QED) is 0.651. The van der Waals surface area contributed by atoms with Gasteiger partial charge in [-0.25, -0.2) is 8.42 Å². The number of sulfonamides is 1. The summed E-state index contributed by atoms with van der Waals surface area (Å²) in [6, 6.07) is 5.65. The van der Waals surface area contributed by atoms with Crippen molar-refractivity contribution < 1.29 is 22.7 Å². The number of nitrogens with zero attached hydrogens (tertiary/aromatic N) is 1. The summed E-state index contributed by atoms with van der Waals surface area (Å²) in [7, 11) is -0.104. The van der Waals surface area contributed by atoms with E-state index in [4.69, 9.17) is 9.47 Å². The minimum atomic E-state index is -3.26. The lowest BCUT2D eigenvalue weighted by Gasteiger charge is -2.26. The number of methoxy groups -OCH3 is 2. The third kappa shape index (κ3) is 6.39. The summed E-state index contributed by atoms with van der Waals surface area (Å²) in [6.45, 7) is 0.653. The molecule has 1 aliphatic rings. The summed E-state index contributed by atoms with van der Waals surface area (Å²) < 4.78 is 36.0. The number of aryl methyl sites for hydroxylation is 1. The average molecular weight is 399 g/mol. The molecule has 8 heteroatoms. The van der Waals surface area contributed by atoms with E-state index in [-0.39, 0.29) is 11.9 Å². The van der Waals surface area contributed by atoms with Crippen LogP contribution in [0.3, 0.4) is 0 Å². The number of benzene rings is 1. The number of ether oxygens (including phenoxy) is 2. The minimum Gasteiger partial charge on any atom is -0.493 e. The van der Waals surface area contributed by atoms with Gasteiger partial charge in [0.15, 0.2) is 11.5 Å². The van der Waals surface area contributed by atoms with Crippen LogP contribution in [0.1, 0.15) is 37.7 Å². The molecular weight excluding hydrogens is 368 g/mol. The first-order valence-electron chi connectivity index (χ1n) is 9.29. The van der Waals surface area contributed by atoms with Crippen molar-refractivity contribution in [1.82, 2.24) is 9.62 Å². The topological polar surface area (TPSA) is 84.9 Å². The largest absolute Gasteiger partial charge is 0.493 e. The molecule has 1 saturated carbocycles. The monoisotopic (exact) mass is 398 g/mol. The normalized spacial score (nSPS) is 15.1. The van der Waals surface area contributed by atoms with Gasteiger partial charge in [0.25, 0.3) is 0 Å². The molecule has 1 fully saturated rings. The number of carbonyl (C=O) groups excluding carboxylic acids is 1. The summed E-state index contributed by atoms with van der Waals surface area (Å²) in [5.74, 6) is 1.19. The van der Waals surface area contributed by atoms with Gasteiger partial charge < -0.3 is 14.8 Å². The van der Waals surface area contributed by atoms with Crippen LogP contribution >= 0.6 is 0 Å². The molecule has 0 aromatic heterocycles. The smallest absolute Gasteiger partial charge is 0.220 e. The Hall–Kier alpha value is -1.80. The van der Waals surface area contributed by atoms with Crippen LogP contribution in [0, 0.1) is 0 Å². The molecule has 0 aliphatic heterocycles. The van der Waals surface area contributed by atoms with Crippen molar-refractivity contribution in [2.75, 3.05) is 33.6 Å². The summed E-state index contributed by atoms with van der Waals surface area (Å²) in [6.07, 6.45) is 6.08. The van der Waals surface area contributed by atoms with Crippen LogP contribution < -0.4 is 14.8 Å². The van der Waals surface area contributed by atoms with E-state index in [2.05, 4.69) is 5.32 Å². The van der Waals surface area contributed by atoms with Crippen molar-refractivity contribution in [2.45, 2.75) is 44.6 Å². The summed E-state index contributed by atoms with van der Waals surface area (Å²) in [5.41, 5.74) is 0.978. The van der Waals surface area contributed by atoms with Gasteiger partial charge in [0.2, 0.25) is 15.9 Å². The highest BCUT2D eigenvalue weighted by atomic mass is 32.2. The molecule has 0 atom stereocenters. The van der Waals surface area contributed by atoms with Crippen molar-refractivity contribution in [3.05, 3.63) is 23.8 Å². The Morgan fingerprint density at radius 3 is 2.44 bits per heavy atom. The number of hydrogen-bond acceptors (Lipinski definition) is 5. The third-order valence-corrected chi connectivity index (χ3v) is 6.23. The van der Waals surface area contributed by atoms with E-state index in [0.29, 0.717) is 37.4 Å². The molecule has 1 aliphatic carbocycles. The fourth-order valence-corrected chi connectivity index (χ4v) is 4.67. The van der Waals surface area contributed by atoms with Gasteiger partial charge in [0.05, 0.1) is 20.5 Å². The Bertz CT molecular complexity index is 730. The highest BCUT2D eigenvalue weighted by Gasteiger charge is 2.28. The predicted molar refractivity (Wildman–Crippen MR) is 105 cm³/mol. The standard InChI is InChI=1S/C19H30N2O5S/c1-25-17-10-8-15(14-18(17)26-2)9-11-19(22)20-12-13-21(27(3,23)24)16-6-4-5-7-16/h8,10,14,16H,4-7,9,11-13H2,1-3H3,(H,20,22). The molecule has 1 N–H and O–H groups in total. The van der Waals surface area contributed by atoms with Crippen molar-refractivity contribution in [3.8, 4) is 11.5 Å². The molecule has 0 unspecified atom stereocenters. The van der Waals surface area contributed by atoms with Crippen molar-refractivity contribution in [1.29, 1.82) is 0 Å². The summed E-state index contributed by atoms with van der Waals surface area (Å²) in [5, 5.41) is 2.83. The molecule has 1 amide bonds. The van der Waals surface area contributed by atoms with Crippen molar-refractivity contribution >= 4 is 15.9 Å². The maximum absolute atomic E-state index is 12.1. The molecule has 1 aromatic carbocycles. The average Bonchev–Trinajstić information content (AvgIpc) is 3.16. The molecule has 0 radical (unpaired) electrons. The molecule has 7 nitrogen and oxygen atoms in total. The van der Waals surface area contributed by atoms with Gasteiger partial charge in [-0.15, -0.1) is 0 Å². The maximum atomic E-state index is 12.1. The van der Waals surface area contributed by atoms with Crippen LogP contribution in [0.5, 0.6) is 11.5 Å². The first kappa shape index (κ1) is 21.5. The van der Waals surface area contributed by atoms with Crippen molar-refractivity contribution in [3.63, 3.8) is 0 Å². The molecule has 0 heterocycles. The van der Waals surface area contributed by atoms with Gasteiger partial charge in [-0.3, -0.25) is 4.79 Å². The van der Waals surface area contributed by atoms with Gasteiger partial charge in [-0.05, 0) is 37.0 Å². The second-order valence-corrected chi connectivity index (χ2v) is 8.79. The Balaban J connectivity index is 1.80. The van der Waals surface area contributed by atoms with Crippen LogP contribution in [0.25, 0.3) is 0 Å². The SMILES string of the molecule is COc1ccc(CCC(=O)NCCN(C2CCCC2)S(C)(=O)=O)cc1OC. The van der Waals surface area contributed by atoms with E-state index < -0.39 is 10.0 Å². The zero-order chi connectivity index (χ0) is 19.9. The highest BCUT2D eigenvalue weighted by Crippen LogP contribution is 2.28.